The summed E-state index contributed by atoms with van der Waals surface area (Å²) in [6.07, 6.45) is 3.10. The van der Waals surface area contributed by atoms with Crippen LogP contribution in [0.15, 0.2) is 0 Å². The molecule has 1 atom stereocenters. The number of sulfone groups is 1. The van der Waals surface area contributed by atoms with Crippen molar-refractivity contribution in [3.8, 4) is 0 Å². The van der Waals surface area contributed by atoms with E-state index in [2.05, 4.69) is 5.32 Å². The van der Waals surface area contributed by atoms with Crippen LogP contribution in [-0.2, 0) is 14.6 Å². The van der Waals surface area contributed by atoms with Gasteiger partial charge < -0.3 is 10.2 Å². The van der Waals surface area contributed by atoms with Gasteiger partial charge in [0.15, 0.2) is 9.84 Å². The predicted octanol–water partition coefficient (Wildman–Crippen LogP) is 0.0216. The topological polar surface area (TPSA) is 66.5 Å². The summed E-state index contributed by atoms with van der Waals surface area (Å²) in [7, 11) is -1.58. The van der Waals surface area contributed by atoms with E-state index in [1.54, 1.807) is 18.9 Å². The maximum atomic E-state index is 11.8. The highest BCUT2D eigenvalue weighted by molar-refractivity contribution is 7.92. The van der Waals surface area contributed by atoms with Crippen LogP contribution in [-0.4, -0.2) is 56.9 Å². The Morgan fingerprint density at radius 2 is 1.88 bits per heavy atom. The van der Waals surface area contributed by atoms with E-state index in [1.807, 2.05) is 0 Å². The van der Waals surface area contributed by atoms with Crippen molar-refractivity contribution in [2.24, 2.45) is 0 Å². The molecule has 1 unspecified atom stereocenters. The first-order valence-corrected chi connectivity index (χ1v) is 7.92. The molecular formula is C11H22N2O3S. The molecule has 0 spiro atoms. The highest BCUT2D eigenvalue weighted by Gasteiger charge is 2.24. The molecule has 0 aliphatic carbocycles. The number of nitrogens with zero attached hydrogens (tertiary/aromatic N) is 1. The molecule has 1 N–H and O–H groups in total. The van der Waals surface area contributed by atoms with Crippen molar-refractivity contribution in [1.82, 2.24) is 10.2 Å². The monoisotopic (exact) mass is 262 g/mol. The first-order chi connectivity index (χ1) is 7.94. The van der Waals surface area contributed by atoms with Crippen molar-refractivity contribution >= 4 is 15.7 Å². The van der Waals surface area contributed by atoms with Gasteiger partial charge in [0.25, 0.3) is 0 Å². The van der Waals surface area contributed by atoms with Gasteiger partial charge in [-0.2, -0.15) is 0 Å². The summed E-state index contributed by atoms with van der Waals surface area (Å²) in [5.74, 6) is -0.574. The van der Waals surface area contributed by atoms with Crippen LogP contribution in [0.1, 0.15) is 26.2 Å². The van der Waals surface area contributed by atoms with Crippen molar-refractivity contribution in [3.63, 3.8) is 0 Å². The number of hydrogen-bond acceptors (Lipinski definition) is 4. The third-order valence-electron chi connectivity index (χ3n) is 3.05. The van der Waals surface area contributed by atoms with Gasteiger partial charge in [-0.15, -0.1) is 0 Å². The Labute approximate surface area is 103 Å². The molecule has 0 radical (unpaired) electrons. The fourth-order valence-corrected chi connectivity index (χ4v) is 3.55. The Morgan fingerprint density at radius 1 is 1.29 bits per heavy atom. The fraction of sp³-hybridized carbons (Fsp3) is 0.909. The van der Waals surface area contributed by atoms with Gasteiger partial charge in [-0.1, -0.05) is 0 Å². The Bertz CT molecular complexity index is 348. The molecule has 0 aromatic carbocycles. The maximum absolute atomic E-state index is 11.8. The third-order valence-corrected chi connectivity index (χ3v) is 4.74. The molecule has 1 aliphatic rings. The van der Waals surface area contributed by atoms with Crippen LogP contribution in [0, 0.1) is 0 Å². The third kappa shape index (κ3) is 5.04. The first kappa shape index (κ1) is 14.4. The normalized spacial score (nSPS) is 19.1. The lowest BCUT2D eigenvalue weighted by atomic mass is 10.1. The molecule has 0 aromatic rings. The minimum Gasteiger partial charge on any atom is -0.342 e. The summed E-state index contributed by atoms with van der Waals surface area (Å²) < 4.78 is 23.5. The zero-order chi connectivity index (χ0) is 12.9. The summed E-state index contributed by atoms with van der Waals surface area (Å²) >= 11 is 0. The molecule has 0 bridgehead atoms. The predicted molar refractivity (Wildman–Crippen MR) is 67.6 cm³/mol. The van der Waals surface area contributed by atoms with Crippen LogP contribution < -0.4 is 5.32 Å². The van der Waals surface area contributed by atoms with Crippen LogP contribution in [0.4, 0.5) is 0 Å². The standard InChI is InChI=1S/C11H22N2O3S/c1-10(12-2)8-17(15,16)9-11(14)13-6-4-3-5-7-13/h10,12H,3-9H2,1-2H3. The maximum Gasteiger partial charge on any atom is 0.237 e. The minimum absolute atomic E-state index is 0.0169. The van der Waals surface area contributed by atoms with Gasteiger partial charge in [-0.3, -0.25) is 4.79 Å². The number of likely N-dealkylation sites (tertiary alicyclic amines) is 1. The van der Waals surface area contributed by atoms with Gasteiger partial charge in [-0.05, 0) is 33.2 Å². The molecule has 1 rings (SSSR count). The highest BCUT2D eigenvalue weighted by Crippen LogP contribution is 2.09. The summed E-state index contributed by atoms with van der Waals surface area (Å²) in [6.45, 7) is 3.20. The Morgan fingerprint density at radius 3 is 2.41 bits per heavy atom. The second-order valence-corrected chi connectivity index (χ2v) is 6.79. The quantitative estimate of drug-likeness (QED) is 0.758. The number of carbonyl (C=O) groups excluding carboxylic acids is 1. The minimum atomic E-state index is -3.30. The van der Waals surface area contributed by atoms with Crippen molar-refractivity contribution in [1.29, 1.82) is 0 Å². The van der Waals surface area contributed by atoms with E-state index >= 15 is 0 Å². The van der Waals surface area contributed by atoms with E-state index in [0.717, 1.165) is 19.3 Å². The number of carbonyl (C=O) groups is 1. The average molecular weight is 262 g/mol. The summed E-state index contributed by atoms with van der Waals surface area (Å²) in [5.41, 5.74) is 0. The summed E-state index contributed by atoms with van der Waals surface area (Å²) in [4.78, 5) is 13.5. The zero-order valence-corrected chi connectivity index (χ0v) is 11.4. The molecule has 1 heterocycles. The smallest absolute Gasteiger partial charge is 0.237 e. The molecule has 17 heavy (non-hydrogen) atoms. The molecule has 0 saturated carbocycles. The van der Waals surface area contributed by atoms with Crippen LogP contribution in [0.3, 0.4) is 0 Å². The number of amides is 1. The number of rotatable bonds is 5. The molecule has 1 saturated heterocycles. The average Bonchev–Trinajstić information content (AvgIpc) is 2.28. The van der Waals surface area contributed by atoms with Gasteiger partial charge in [0.05, 0.1) is 5.75 Å². The molecule has 1 amide bonds. The molecule has 0 aromatic heterocycles. The lowest BCUT2D eigenvalue weighted by Crippen LogP contribution is -2.41. The molecule has 1 aliphatic heterocycles. The van der Waals surface area contributed by atoms with Crippen molar-refractivity contribution in [3.05, 3.63) is 0 Å². The molecule has 100 valence electrons. The molecule has 5 nitrogen and oxygen atoms in total. The van der Waals surface area contributed by atoms with Gasteiger partial charge in [0.1, 0.15) is 5.75 Å². The lowest BCUT2D eigenvalue weighted by Gasteiger charge is -2.26. The van der Waals surface area contributed by atoms with Gasteiger partial charge in [0.2, 0.25) is 5.91 Å². The first-order valence-electron chi connectivity index (χ1n) is 6.10. The summed E-state index contributed by atoms with van der Waals surface area (Å²) in [6, 6.07) is -0.117. The van der Waals surface area contributed by atoms with E-state index in [-0.39, 0.29) is 23.5 Å². The second-order valence-electron chi connectivity index (χ2n) is 4.69. The van der Waals surface area contributed by atoms with E-state index in [4.69, 9.17) is 0 Å². The van der Waals surface area contributed by atoms with E-state index in [9.17, 15) is 13.2 Å². The van der Waals surface area contributed by atoms with E-state index in [1.165, 1.54) is 0 Å². The van der Waals surface area contributed by atoms with Gasteiger partial charge in [0, 0.05) is 19.1 Å². The van der Waals surface area contributed by atoms with Gasteiger partial charge in [-0.25, -0.2) is 8.42 Å². The van der Waals surface area contributed by atoms with Crippen LogP contribution in [0.25, 0.3) is 0 Å². The van der Waals surface area contributed by atoms with Crippen molar-refractivity contribution in [2.75, 3.05) is 31.6 Å². The molecular weight excluding hydrogens is 240 g/mol. The van der Waals surface area contributed by atoms with Crippen LogP contribution in [0.2, 0.25) is 0 Å². The number of nitrogens with one attached hydrogen (secondary N) is 1. The fourth-order valence-electron chi connectivity index (χ4n) is 1.95. The second kappa shape index (κ2) is 6.35. The molecule has 1 fully saturated rings. The largest absolute Gasteiger partial charge is 0.342 e. The van der Waals surface area contributed by atoms with Crippen LogP contribution in [0.5, 0.6) is 0 Å². The van der Waals surface area contributed by atoms with Crippen molar-refractivity contribution < 1.29 is 13.2 Å². The van der Waals surface area contributed by atoms with E-state index in [0.29, 0.717) is 13.1 Å². The van der Waals surface area contributed by atoms with Crippen LogP contribution >= 0.6 is 0 Å². The van der Waals surface area contributed by atoms with Crippen molar-refractivity contribution in [2.45, 2.75) is 32.2 Å². The summed E-state index contributed by atoms with van der Waals surface area (Å²) in [5, 5.41) is 2.87. The lowest BCUT2D eigenvalue weighted by molar-refractivity contribution is -0.129. The SMILES string of the molecule is CNC(C)CS(=O)(=O)CC(=O)N1CCCCC1. The Hall–Kier alpha value is -0.620. The Kier molecular flexibility index (Phi) is 5.39. The highest BCUT2D eigenvalue weighted by atomic mass is 32.2. The number of hydrogen-bond donors (Lipinski definition) is 1. The number of piperidine rings is 1. The molecule has 6 heteroatoms. The zero-order valence-electron chi connectivity index (χ0n) is 10.6. The van der Waals surface area contributed by atoms with Gasteiger partial charge >= 0.3 is 0 Å². The Balaban J connectivity index is 2.48. The van der Waals surface area contributed by atoms with E-state index < -0.39 is 9.84 Å².